The normalized spacial score (nSPS) is 15.8. The van der Waals surface area contributed by atoms with Gasteiger partial charge in [-0.2, -0.15) is 0 Å². The summed E-state index contributed by atoms with van der Waals surface area (Å²) in [5, 5.41) is 5.04. The van der Waals surface area contributed by atoms with Gasteiger partial charge >= 0.3 is 6.09 Å². The molecule has 0 atom stereocenters. The predicted molar refractivity (Wildman–Crippen MR) is 84.4 cm³/mol. The maximum atomic E-state index is 12.2. The number of fused-ring (bicyclic) bond motifs is 1. The molecule has 0 radical (unpaired) electrons. The van der Waals surface area contributed by atoms with Crippen LogP contribution in [-0.2, 0) is 4.74 Å². The number of hydrogen-bond donors (Lipinski definition) is 0. The molecule has 0 bridgehead atoms. The highest BCUT2D eigenvalue weighted by atomic mass is 16.6. The van der Waals surface area contributed by atoms with E-state index in [0.29, 0.717) is 13.1 Å². The van der Waals surface area contributed by atoms with E-state index < -0.39 is 5.60 Å². The van der Waals surface area contributed by atoms with Gasteiger partial charge in [-0.25, -0.2) is 4.79 Å². The van der Waals surface area contributed by atoms with Crippen molar-refractivity contribution < 1.29 is 14.1 Å². The van der Waals surface area contributed by atoms with Gasteiger partial charge in [-0.05, 0) is 39.3 Å². The smallest absolute Gasteiger partial charge is 0.410 e. The summed E-state index contributed by atoms with van der Waals surface area (Å²) in [7, 11) is 0. The summed E-state index contributed by atoms with van der Waals surface area (Å²) in [4.78, 5) is 13.9. The number of amides is 1. The van der Waals surface area contributed by atoms with Crippen LogP contribution < -0.4 is 0 Å². The Balaban J connectivity index is 1.81. The van der Waals surface area contributed by atoms with Gasteiger partial charge in [0.25, 0.3) is 0 Å². The van der Waals surface area contributed by atoms with Crippen LogP contribution in [0.5, 0.6) is 0 Å². The zero-order chi connectivity index (χ0) is 15.7. The quantitative estimate of drug-likeness (QED) is 0.802. The molecule has 0 saturated carbocycles. The molecule has 0 N–H and O–H groups in total. The van der Waals surface area contributed by atoms with Crippen molar-refractivity contribution in [3.05, 3.63) is 36.1 Å². The number of hydrogen-bond acceptors (Lipinski definition) is 4. The van der Waals surface area contributed by atoms with Crippen LogP contribution in [0.4, 0.5) is 4.79 Å². The molecule has 0 spiro atoms. The average Bonchev–Trinajstić information content (AvgIpc) is 2.89. The SMILES string of the molecule is CC(C)(C)OC(=O)N1CCC=C(c2onc3ccccc23)C1. The molecule has 0 unspecified atom stereocenters. The van der Waals surface area contributed by atoms with Crippen LogP contribution in [0.2, 0.25) is 0 Å². The van der Waals surface area contributed by atoms with Crippen LogP contribution in [0.1, 0.15) is 33.0 Å². The Labute approximate surface area is 129 Å². The van der Waals surface area contributed by atoms with Gasteiger partial charge in [0.1, 0.15) is 11.1 Å². The van der Waals surface area contributed by atoms with E-state index in [9.17, 15) is 4.79 Å². The minimum absolute atomic E-state index is 0.290. The van der Waals surface area contributed by atoms with Crippen LogP contribution in [0.25, 0.3) is 16.5 Å². The summed E-state index contributed by atoms with van der Waals surface area (Å²) < 4.78 is 10.9. The van der Waals surface area contributed by atoms with E-state index >= 15 is 0 Å². The first-order valence-electron chi connectivity index (χ1n) is 7.46. The van der Waals surface area contributed by atoms with Gasteiger partial charge in [-0.3, -0.25) is 0 Å². The largest absolute Gasteiger partial charge is 0.444 e. The van der Waals surface area contributed by atoms with Gasteiger partial charge in [0.2, 0.25) is 0 Å². The molecule has 1 aliphatic rings. The lowest BCUT2D eigenvalue weighted by Crippen LogP contribution is -2.39. The molecule has 0 fully saturated rings. The standard InChI is InChI=1S/C17H20N2O3/c1-17(2,3)21-16(20)19-10-6-7-12(11-19)15-13-8-4-5-9-14(13)18-22-15/h4-5,7-9H,6,10-11H2,1-3H3. The van der Waals surface area contributed by atoms with E-state index in [-0.39, 0.29) is 6.09 Å². The molecule has 5 heteroatoms. The van der Waals surface area contributed by atoms with Crippen LogP contribution in [0.15, 0.2) is 34.9 Å². The Bertz CT molecular complexity index is 725. The molecule has 116 valence electrons. The highest BCUT2D eigenvalue weighted by Gasteiger charge is 2.26. The summed E-state index contributed by atoms with van der Waals surface area (Å²) in [6.07, 6.45) is 2.60. The molecule has 0 saturated heterocycles. The zero-order valence-electron chi connectivity index (χ0n) is 13.1. The van der Waals surface area contributed by atoms with Crippen LogP contribution >= 0.6 is 0 Å². The van der Waals surface area contributed by atoms with E-state index in [4.69, 9.17) is 9.26 Å². The molecule has 0 aliphatic carbocycles. The zero-order valence-corrected chi connectivity index (χ0v) is 13.1. The maximum Gasteiger partial charge on any atom is 0.410 e. The van der Waals surface area contributed by atoms with E-state index in [2.05, 4.69) is 11.2 Å². The second kappa shape index (κ2) is 5.48. The number of carbonyl (C=O) groups excluding carboxylic acids is 1. The number of nitrogens with zero attached hydrogens (tertiary/aromatic N) is 2. The van der Waals surface area contributed by atoms with Gasteiger partial charge in [-0.1, -0.05) is 23.4 Å². The van der Waals surface area contributed by atoms with E-state index in [1.165, 1.54) is 0 Å². The second-order valence-corrected chi connectivity index (χ2v) is 6.45. The van der Waals surface area contributed by atoms with Gasteiger partial charge in [-0.15, -0.1) is 0 Å². The van der Waals surface area contributed by atoms with Crippen molar-refractivity contribution in [3.8, 4) is 0 Å². The minimum Gasteiger partial charge on any atom is -0.444 e. The van der Waals surface area contributed by atoms with Crippen molar-refractivity contribution in [1.82, 2.24) is 10.1 Å². The first-order valence-corrected chi connectivity index (χ1v) is 7.46. The molecule has 2 aromatic rings. The molecule has 1 amide bonds. The van der Waals surface area contributed by atoms with Crippen LogP contribution in [-0.4, -0.2) is 34.8 Å². The molecular weight excluding hydrogens is 280 g/mol. The number of carbonyl (C=O) groups is 1. The fraction of sp³-hybridized carbons (Fsp3) is 0.412. The second-order valence-electron chi connectivity index (χ2n) is 6.45. The lowest BCUT2D eigenvalue weighted by atomic mass is 10.0. The van der Waals surface area contributed by atoms with E-state index in [0.717, 1.165) is 28.7 Å². The Hall–Kier alpha value is -2.30. The molecular formula is C17H20N2O3. The lowest BCUT2D eigenvalue weighted by Gasteiger charge is -2.29. The van der Waals surface area contributed by atoms with Crippen LogP contribution in [0, 0.1) is 0 Å². The van der Waals surface area contributed by atoms with Gasteiger partial charge in [0.05, 0.1) is 6.54 Å². The molecule has 5 nitrogen and oxygen atoms in total. The van der Waals surface area contributed by atoms with Crippen LogP contribution in [0.3, 0.4) is 0 Å². The molecule has 1 aromatic heterocycles. The first-order chi connectivity index (χ1) is 10.4. The Morgan fingerprint density at radius 1 is 1.32 bits per heavy atom. The fourth-order valence-electron chi connectivity index (χ4n) is 2.51. The maximum absolute atomic E-state index is 12.2. The molecule has 1 aliphatic heterocycles. The van der Waals surface area contributed by atoms with Crippen molar-refractivity contribution >= 4 is 22.6 Å². The van der Waals surface area contributed by atoms with Crippen molar-refractivity contribution in [2.45, 2.75) is 32.8 Å². The molecule has 3 rings (SSSR count). The molecule has 1 aromatic carbocycles. The first kappa shape index (κ1) is 14.6. The number of ether oxygens (including phenoxy) is 1. The Kier molecular flexibility index (Phi) is 3.64. The lowest BCUT2D eigenvalue weighted by molar-refractivity contribution is 0.0272. The Morgan fingerprint density at radius 2 is 2.09 bits per heavy atom. The monoisotopic (exact) mass is 300 g/mol. The van der Waals surface area contributed by atoms with Crippen molar-refractivity contribution in [3.63, 3.8) is 0 Å². The third-order valence-corrected chi connectivity index (χ3v) is 3.48. The van der Waals surface area contributed by atoms with Gasteiger partial charge in [0.15, 0.2) is 5.76 Å². The van der Waals surface area contributed by atoms with Crippen molar-refractivity contribution in [2.75, 3.05) is 13.1 Å². The minimum atomic E-state index is -0.489. The van der Waals surface area contributed by atoms with Gasteiger partial charge in [0, 0.05) is 17.5 Å². The third kappa shape index (κ3) is 2.98. The fourth-order valence-corrected chi connectivity index (χ4v) is 2.51. The number of benzene rings is 1. The predicted octanol–water partition coefficient (Wildman–Crippen LogP) is 3.85. The summed E-state index contributed by atoms with van der Waals surface area (Å²) >= 11 is 0. The molecule has 22 heavy (non-hydrogen) atoms. The third-order valence-electron chi connectivity index (χ3n) is 3.48. The summed E-state index contributed by atoms with van der Waals surface area (Å²) in [5.41, 5.74) is 1.32. The van der Waals surface area contributed by atoms with Crippen molar-refractivity contribution in [1.29, 1.82) is 0 Å². The number of aromatic nitrogens is 1. The van der Waals surface area contributed by atoms with Gasteiger partial charge < -0.3 is 14.2 Å². The topological polar surface area (TPSA) is 55.6 Å². The number of rotatable bonds is 1. The average molecular weight is 300 g/mol. The summed E-state index contributed by atoms with van der Waals surface area (Å²) in [6.45, 7) is 6.75. The highest BCUT2D eigenvalue weighted by molar-refractivity contribution is 5.90. The Morgan fingerprint density at radius 3 is 2.86 bits per heavy atom. The molecule has 2 heterocycles. The highest BCUT2D eigenvalue weighted by Crippen LogP contribution is 2.28. The van der Waals surface area contributed by atoms with E-state index in [1.54, 1.807) is 4.90 Å². The van der Waals surface area contributed by atoms with E-state index in [1.807, 2.05) is 45.0 Å². The van der Waals surface area contributed by atoms with Crippen molar-refractivity contribution in [2.24, 2.45) is 0 Å². The summed E-state index contributed by atoms with van der Waals surface area (Å²) in [6, 6.07) is 7.78. The summed E-state index contributed by atoms with van der Waals surface area (Å²) in [5.74, 6) is 0.740.